The molecule has 0 aromatic rings. The largest absolute Gasteiger partial charge is 0.330 e. The van der Waals surface area contributed by atoms with Crippen molar-refractivity contribution < 1.29 is 8.42 Å². The predicted molar refractivity (Wildman–Crippen MR) is 79.6 cm³/mol. The third-order valence-electron chi connectivity index (χ3n) is 3.83. The van der Waals surface area contributed by atoms with Crippen molar-refractivity contribution in [3.05, 3.63) is 0 Å². The topological polar surface area (TPSA) is 66.6 Å². The third kappa shape index (κ3) is 5.02. The lowest BCUT2D eigenvalue weighted by Gasteiger charge is -2.29. The molecule has 1 saturated heterocycles. The Morgan fingerprint density at radius 2 is 1.89 bits per heavy atom. The highest BCUT2D eigenvalue weighted by Crippen LogP contribution is 2.14. The van der Waals surface area contributed by atoms with Gasteiger partial charge in [0.2, 0.25) is 10.0 Å². The fraction of sp³-hybridized carbons (Fsp3) is 1.00. The van der Waals surface area contributed by atoms with Crippen LogP contribution in [0.4, 0.5) is 0 Å². The summed E-state index contributed by atoms with van der Waals surface area (Å²) in [6.07, 6.45) is 3.69. The number of hydrogen-bond acceptors (Lipinski definition) is 4. The number of rotatable bonds is 7. The van der Waals surface area contributed by atoms with Crippen LogP contribution in [0, 0.1) is 0 Å². The molecule has 1 fully saturated rings. The normalized spacial score (nSPS) is 21.2. The molecule has 2 N–H and O–H groups in total. The molecule has 0 amide bonds. The van der Waals surface area contributed by atoms with E-state index in [1.165, 1.54) is 0 Å². The second-order valence-corrected chi connectivity index (χ2v) is 7.33. The van der Waals surface area contributed by atoms with Gasteiger partial charge in [0.1, 0.15) is 0 Å². The van der Waals surface area contributed by atoms with Gasteiger partial charge in [0, 0.05) is 25.7 Å². The first-order valence-corrected chi connectivity index (χ1v) is 9.08. The summed E-state index contributed by atoms with van der Waals surface area (Å²) in [4.78, 5) is 2.41. The maximum atomic E-state index is 12.1. The van der Waals surface area contributed by atoms with E-state index in [0.717, 1.165) is 32.4 Å². The van der Waals surface area contributed by atoms with E-state index in [9.17, 15) is 8.42 Å². The van der Waals surface area contributed by atoms with Crippen LogP contribution < -0.4 is 5.73 Å². The molecule has 19 heavy (non-hydrogen) atoms. The molecular weight excluding hydrogens is 262 g/mol. The quantitative estimate of drug-likeness (QED) is 0.755. The SMILES string of the molecule is CCCS(=O)(=O)N1CCCN(C(CC)CCN)CC1. The molecule has 1 heterocycles. The summed E-state index contributed by atoms with van der Waals surface area (Å²) in [6.45, 7) is 7.90. The van der Waals surface area contributed by atoms with E-state index in [-0.39, 0.29) is 5.75 Å². The maximum Gasteiger partial charge on any atom is 0.214 e. The summed E-state index contributed by atoms with van der Waals surface area (Å²) in [5.41, 5.74) is 5.65. The summed E-state index contributed by atoms with van der Waals surface area (Å²) >= 11 is 0. The highest BCUT2D eigenvalue weighted by molar-refractivity contribution is 7.89. The molecule has 0 spiro atoms. The smallest absolute Gasteiger partial charge is 0.214 e. The van der Waals surface area contributed by atoms with Gasteiger partial charge < -0.3 is 5.73 Å². The average molecular weight is 291 g/mol. The Labute approximate surface area is 118 Å². The minimum Gasteiger partial charge on any atom is -0.330 e. The molecule has 0 aromatic carbocycles. The van der Waals surface area contributed by atoms with Crippen LogP contribution in [-0.2, 0) is 10.0 Å². The molecule has 0 bridgehead atoms. The van der Waals surface area contributed by atoms with Crippen molar-refractivity contribution in [3.63, 3.8) is 0 Å². The summed E-state index contributed by atoms with van der Waals surface area (Å²) in [7, 11) is -3.04. The van der Waals surface area contributed by atoms with Crippen molar-refractivity contribution in [2.24, 2.45) is 5.73 Å². The highest BCUT2D eigenvalue weighted by atomic mass is 32.2. The van der Waals surface area contributed by atoms with E-state index in [2.05, 4.69) is 11.8 Å². The standard InChI is InChI=1S/C13H29N3O2S/c1-3-12-19(17,18)16-9-5-8-15(10-11-16)13(4-2)6-7-14/h13H,3-12,14H2,1-2H3. The van der Waals surface area contributed by atoms with Gasteiger partial charge in [0.05, 0.1) is 5.75 Å². The van der Waals surface area contributed by atoms with Crippen molar-refractivity contribution in [1.29, 1.82) is 0 Å². The molecular formula is C13H29N3O2S. The van der Waals surface area contributed by atoms with E-state index < -0.39 is 10.0 Å². The lowest BCUT2D eigenvalue weighted by atomic mass is 10.1. The molecule has 0 aromatic heterocycles. The van der Waals surface area contributed by atoms with Gasteiger partial charge in [0.15, 0.2) is 0 Å². The van der Waals surface area contributed by atoms with E-state index in [1.807, 2.05) is 6.92 Å². The van der Waals surface area contributed by atoms with E-state index in [1.54, 1.807) is 4.31 Å². The first-order chi connectivity index (χ1) is 9.05. The highest BCUT2D eigenvalue weighted by Gasteiger charge is 2.26. The summed E-state index contributed by atoms with van der Waals surface area (Å²) in [5.74, 6) is 0.271. The zero-order valence-corrected chi connectivity index (χ0v) is 13.2. The van der Waals surface area contributed by atoms with Crippen molar-refractivity contribution in [2.75, 3.05) is 38.5 Å². The van der Waals surface area contributed by atoms with Gasteiger partial charge in [-0.3, -0.25) is 4.90 Å². The molecule has 0 aliphatic carbocycles. The van der Waals surface area contributed by atoms with Crippen molar-refractivity contribution in [3.8, 4) is 0 Å². The molecule has 0 saturated carbocycles. The molecule has 1 aliphatic rings. The van der Waals surface area contributed by atoms with E-state index >= 15 is 0 Å². The van der Waals surface area contributed by atoms with E-state index in [4.69, 9.17) is 5.73 Å². The second kappa shape index (κ2) is 8.19. The van der Waals surface area contributed by atoms with Gasteiger partial charge in [-0.15, -0.1) is 0 Å². The van der Waals surface area contributed by atoms with Crippen LogP contribution >= 0.6 is 0 Å². The van der Waals surface area contributed by atoms with Crippen molar-refractivity contribution in [2.45, 2.75) is 45.6 Å². The molecule has 1 unspecified atom stereocenters. The fourth-order valence-electron chi connectivity index (χ4n) is 2.78. The Kier molecular flexibility index (Phi) is 7.28. The molecule has 114 valence electrons. The Balaban J connectivity index is 2.60. The van der Waals surface area contributed by atoms with Gasteiger partial charge in [-0.1, -0.05) is 13.8 Å². The molecule has 1 rings (SSSR count). The number of hydrogen-bond donors (Lipinski definition) is 1. The fourth-order valence-corrected chi connectivity index (χ4v) is 4.32. The number of nitrogens with zero attached hydrogens (tertiary/aromatic N) is 2. The van der Waals surface area contributed by atoms with Crippen LogP contribution in [0.3, 0.4) is 0 Å². The minimum absolute atomic E-state index is 0.271. The Morgan fingerprint density at radius 3 is 2.47 bits per heavy atom. The number of sulfonamides is 1. The van der Waals surface area contributed by atoms with Gasteiger partial charge in [-0.05, 0) is 38.8 Å². The zero-order valence-electron chi connectivity index (χ0n) is 12.3. The van der Waals surface area contributed by atoms with Gasteiger partial charge in [0.25, 0.3) is 0 Å². The van der Waals surface area contributed by atoms with Crippen LogP contribution in [-0.4, -0.2) is 62.1 Å². The Morgan fingerprint density at radius 1 is 1.16 bits per heavy atom. The summed E-state index contributed by atoms with van der Waals surface area (Å²) < 4.78 is 25.9. The first-order valence-electron chi connectivity index (χ1n) is 7.47. The molecule has 1 atom stereocenters. The van der Waals surface area contributed by atoms with E-state index in [0.29, 0.717) is 32.1 Å². The molecule has 0 radical (unpaired) electrons. The van der Waals surface area contributed by atoms with Crippen molar-refractivity contribution >= 4 is 10.0 Å². The van der Waals surface area contributed by atoms with Gasteiger partial charge in [-0.2, -0.15) is 0 Å². The Hall–Kier alpha value is -0.170. The lowest BCUT2D eigenvalue weighted by Crippen LogP contribution is -2.40. The predicted octanol–water partition coefficient (Wildman–Crippen LogP) is 0.861. The summed E-state index contributed by atoms with van der Waals surface area (Å²) in [6, 6.07) is 0.499. The Bertz CT molecular complexity index is 346. The number of nitrogens with two attached hydrogens (primary N) is 1. The zero-order chi connectivity index (χ0) is 14.3. The van der Waals surface area contributed by atoms with Crippen LogP contribution in [0.2, 0.25) is 0 Å². The van der Waals surface area contributed by atoms with Crippen LogP contribution in [0.5, 0.6) is 0 Å². The molecule has 1 aliphatic heterocycles. The van der Waals surface area contributed by atoms with Crippen LogP contribution in [0.25, 0.3) is 0 Å². The van der Waals surface area contributed by atoms with Crippen molar-refractivity contribution in [1.82, 2.24) is 9.21 Å². The lowest BCUT2D eigenvalue weighted by molar-refractivity contribution is 0.192. The second-order valence-electron chi connectivity index (χ2n) is 5.24. The van der Waals surface area contributed by atoms with Crippen LogP contribution in [0.15, 0.2) is 0 Å². The monoisotopic (exact) mass is 291 g/mol. The first kappa shape index (κ1) is 16.9. The minimum atomic E-state index is -3.04. The maximum absolute atomic E-state index is 12.1. The molecule has 5 nitrogen and oxygen atoms in total. The van der Waals surface area contributed by atoms with Gasteiger partial charge in [-0.25, -0.2) is 12.7 Å². The average Bonchev–Trinajstić information content (AvgIpc) is 2.62. The third-order valence-corrected chi connectivity index (χ3v) is 5.91. The van der Waals surface area contributed by atoms with Gasteiger partial charge >= 0.3 is 0 Å². The molecule has 6 heteroatoms. The summed E-state index contributed by atoms with van der Waals surface area (Å²) in [5, 5.41) is 0. The van der Waals surface area contributed by atoms with Crippen LogP contribution in [0.1, 0.15) is 39.5 Å².